The van der Waals surface area contributed by atoms with Crippen molar-refractivity contribution in [1.29, 1.82) is 0 Å². The molecule has 2 atom stereocenters. The summed E-state index contributed by atoms with van der Waals surface area (Å²) in [5.74, 6) is 2.89. The van der Waals surface area contributed by atoms with Gasteiger partial charge in [-0.1, -0.05) is 58.8 Å². The molecule has 0 bridgehead atoms. The summed E-state index contributed by atoms with van der Waals surface area (Å²) in [6, 6.07) is 0.276. The average molecular weight is 442 g/mol. The molecule has 32 heavy (non-hydrogen) atoms. The number of aromatic nitrogens is 2. The van der Waals surface area contributed by atoms with Gasteiger partial charge in [-0.2, -0.15) is 0 Å². The molecule has 2 fully saturated rings. The summed E-state index contributed by atoms with van der Waals surface area (Å²) in [6.45, 7) is 7.93. The molecule has 2 unspecified atom stereocenters. The van der Waals surface area contributed by atoms with Gasteiger partial charge in [-0.3, -0.25) is 0 Å². The molecule has 0 amide bonds. The Labute approximate surface area is 196 Å². The van der Waals surface area contributed by atoms with Crippen molar-refractivity contribution in [3.63, 3.8) is 0 Å². The van der Waals surface area contributed by atoms with Crippen LogP contribution in [0.25, 0.3) is 0 Å². The maximum Gasteiger partial charge on any atom is 0.152 e. The third kappa shape index (κ3) is 5.30. The minimum Gasteiger partial charge on any atom is -0.356 e. The van der Waals surface area contributed by atoms with Crippen molar-refractivity contribution in [3.05, 3.63) is 17.1 Å². The van der Waals surface area contributed by atoms with E-state index in [-0.39, 0.29) is 6.04 Å². The van der Waals surface area contributed by atoms with Crippen molar-refractivity contribution in [3.8, 4) is 0 Å². The first kappa shape index (κ1) is 23.9. The molecule has 3 aliphatic rings. The SMILES string of the molecule is CCC(CC)CNC1CCCCC1(N)c1nc2c(c(N3CCCCCC3)n1)CCCCC2. The summed E-state index contributed by atoms with van der Waals surface area (Å²) in [5.41, 5.74) is 9.58. The molecule has 0 radical (unpaired) electrons. The van der Waals surface area contributed by atoms with Crippen LogP contribution < -0.4 is 16.0 Å². The molecule has 180 valence electrons. The number of anilines is 1. The standard InChI is InChI=1S/C27H47N5/c1-3-21(4-2)20-29-24-16-10-11-17-27(24,28)26-30-23-15-9-7-8-14-22(23)25(31-26)32-18-12-5-6-13-19-32/h21,24,29H,3-20,28H2,1-2H3. The molecule has 1 saturated heterocycles. The first-order valence-electron chi connectivity index (χ1n) is 13.8. The molecular weight excluding hydrogens is 394 g/mol. The van der Waals surface area contributed by atoms with Crippen molar-refractivity contribution in [2.45, 2.75) is 122 Å². The minimum absolute atomic E-state index is 0.276. The topological polar surface area (TPSA) is 67.1 Å². The Bertz CT molecular complexity index is 723. The normalized spacial score (nSPS) is 27.1. The number of nitrogens with zero attached hydrogens (tertiary/aromatic N) is 3. The van der Waals surface area contributed by atoms with E-state index in [0.717, 1.165) is 57.1 Å². The van der Waals surface area contributed by atoms with E-state index in [2.05, 4.69) is 24.1 Å². The highest BCUT2D eigenvalue weighted by Gasteiger charge is 2.42. The molecule has 1 aromatic heterocycles. The van der Waals surface area contributed by atoms with Crippen LogP contribution in [0.5, 0.6) is 0 Å². The molecule has 1 aliphatic heterocycles. The van der Waals surface area contributed by atoms with Gasteiger partial charge in [0.15, 0.2) is 5.82 Å². The van der Waals surface area contributed by atoms with E-state index in [1.807, 2.05) is 0 Å². The summed E-state index contributed by atoms with van der Waals surface area (Å²) in [6.07, 6.45) is 18.3. The molecule has 0 aromatic carbocycles. The highest BCUT2D eigenvalue weighted by atomic mass is 15.2. The zero-order valence-corrected chi connectivity index (χ0v) is 20.8. The first-order chi connectivity index (χ1) is 15.7. The molecule has 4 rings (SSSR count). The van der Waals surface area contributed by atoms with E-state index < -0.39 is 5.54 Å². The predicted molar refractivity (Wildman–Crippen MR) is 134 cm³/mol. The third-order valence-electron chi connectivity index (χ3n) is 8.50. The van der Waals surface area contributed by atoms with Crippen LogP contribution in [-0.4, -0.2) is 35.6 Å². The van der Waals surface area contributed by atoms with E-state index in [1.54, 1.807) is 0 Å². The number of fused-ring (bicyclic) bond motifs is 1. The monoisotopic (exact) mass is 441 g/mol. The highest BCUT2D eigenvalue weighted by Crippen LogP contribution is 2.37. The van der Waals surface area contributed by atoms with Gasteiger partial charge in [-0.15, -0.1) is 0 Å². The molecular formula is C27H47N5. The number of aryl methyl sites for hydroxylation is 1. The Balaban J connectivity index is 1.68. The average Bonchev–Trinajstić information content (AvgIpc) is 3.23. The van der Waals surface area contributed by atoms with Crippen LogP contribution >= 0.6 is 0 Å². The summed E-state index contributed by atoms with van der Waals surface area (Å²) < 4.78 is 0. The summed E-state index contributed by atoms with van der Waals surface area (Å²) in [5, 5.41) is 3.90. The van der Waals surface area contributed by atoms with E-state index in [1.165, 1.54) is 87.7 Å². The lowest BCUT2D eigenvalue weighted by atomic mass is 9.77. The molecule has 3 N–H and O–H groups in total. The van der Waals surface area contributed by atoms with Crippen molar-refractivity contribution in [2.24, 2.45) is 11.7 Å². The second-order valence-electron chi connectivity index (χ2n) is 10.7. The van der Waals surface area contributed by atoms with Crippen LogP contribution in [0, 0.1) is 5.92 Å². The second kappa shape index (κ2) is 11.3. The zero-order chi connectivity index (χ0) is 22.4. The molecule has 0 spiro atoms. The van der Waals surface area contributed by atoms with Crippen molar-refractivity contribution >= 4 is 5.82 Å². The first-order valence-corrected chi connectivity index (χ1v) is 13.8. The Morgan fingerprint density at radius 2 is 1.66 bits per heavy atom. The number of rotatable bonds is 7. The van der Waals surface area contributed by atoms with E-state index >= 15 is 0 Å². The molecule has 5 heteroatoms. The Kier molecular flexibility index (Phi) is 8.44. The summed E-state index contributed by atoms with van der Waals surface area (Å²) in [4.78, 5) is 13.2. The van der Waals surface area contributed by atoms with Crippen molar-refractivity contribution in [1.82, 2.24) is 15.3 Å². The predicted octanol–water partition coefficient (Wildman–Crippen LogP) is 5.25. The van der Waals surface area contributed by atoms with E-state index in [9.17, 15) is 0 Å². The van der Waals surface area contributed by atoms with Crippen LogP contribution in [-0.2, 0) is 18.4 Å². The summed E-state index contributed by atoms with van der Waals surface area (Å²) in [7, 11) is 0. The summed E-state index contributed by atoms with van der Waals surface area (Å²) >= 11 is 0. The fraction of sp³-hybridized carbons (Fsp3) is 0.852. The Morgan fingerprint density at radius 3 is 2.41 bits per heavy atom. The largest absolute Gasteiger partial charge is 0.356 e. The van der Waals surface area contributed by atoms with Gasteiger partial charge in [0.1, 0.15) is 5.82 Å². The van der Waals surface area contributed by atoms with Gasteiger partial charge in [-0.05, 0) is 63.8 Å². The lowest BCUT2D eigenvalue weighted by Crippen LogP contribution is -2.58. The number of nitrogens with one attached hydrogen (secondary N) is 1. The van der Waals surface area contributed by atoms with Gasteiger partial charge < -0.3 is 16.0 Å². The van der Waals surface area contributed by atoms with Crippen LogP contribution in [0.1, 0.15) is 114 Å². The number of hydrogen-bond acceptors (Lipinski definition) is 5. The second-order valence-corrected chi connectivity index (χ2v) is 10.7. The van der Waals surface area contributed by atoms with Crippen LogP contribution in [0.4, 0.5) is 5.82 Å². The fourth-order valence-electron chi connectivity index (χ4n) is 6.14. The van der Waals surface area contributed by atoms with Gasteiger partial charge in [0.2, 0.25) is 0 Å². The number of hydrogen-bond donors (Lipinski definition) is 2. The lowest BCUT2D eigenvalue weighted by molar-refractivity contribution is 0.197. The Hall–Kier alpha value is -1.20. The van der Waals surface area contributed by atoms with Gasteiger partial charge in [0, 0.05) is 30.4 Å². The van der Waals surface area contributed by atoms with Gasteiger partial charge >= 0.3 is 0 Å². The fourth-order valence-corrected chi connectivity index (χ4v) is 6.14. The molecule has 2 aliphatic carbocycles. The molecule has 2 heterocycles. The maximum atomic E-state index is 7.29. The van der Waals surface area contributed by atoms with Crippen molar-refractivity contribution in [2.75, 3.05) is 24.5 Å². The van der Waals surface area contributed by atoms with E-state index in [4.69, 9.17) is 15.7 Å². The number of nitrogens with two attached hydrogens (primary N) is 1. The molecule has 5 nitrogen and oxygen atoms in total. The minimum atomic E-state index is -0.452. The maximum absolute atomic E-state index is 7.29. The molecule has 1 aromatic rings. The Morgan fingerprint density at radius 1 is 0.938 bits per heavy atom. The van der Waals surface area contributed by atoms with Crippen LogP contribution in [0.2, 0.25) is 0 Å². The van der Waals surface area contributed by atoms with E-state index in [0.29, 0.717) is 0 Å². The quantitative estimate of drug-likeness (QED) is 0.566. The molecule has 1 saturated carbocycles. The van der Waals surface area contributed by atoms with Gasteiger partial charge in [0.25, 0.3) is 0 Å². The van der Waals surface area contributed by atoms with Gasteiger partial charge in [-0.25, -0.2) is 9.97 Å². The van der Waals surface area contributed by atoms with Crippen molar-refractivity contribution < 1.29 is 0 Å². The van der Waals surface area contributed by atoms with Crippen LogP contribution in [0.3, 0.4) is 0 Å². The zero-order valence-electron chi connectivity index (χ0n) is 20.8. The van der Waals surface area contributed by atoms with Crippen LogP contribution in [0.15, 0.2) is 0 Å². The third-order valence-corrected chi connectivity index (χ3v) is 8.50. The van der Waals surface area contributed by atoms with Gasteiger partial charge in [0.05, 0.1) is 5.54 Å². The lowest BCUT2D eigenvalue weighted by Gasteiger charge is -2.42. The highest BCUT2D eigenvalue weighted by molar-refractivity contribution is 5.51. The smallest absolute Gasteiger partial charge is 0.152 e.